The fraction of sp³-hybridized carbons (Fsp3) is 0.462. The number of carbonyl (C=O) groups is 1. The predicted octanol–water partition coefficient (Wildman–Crippen LogP) is 2.95. The van der Waals surface area contributed by atoms with E-state index in [0.29, 0.717) is 5.69 Å². The van der Waals surface area contributed by atoms with Crippen molar-refractivity contribution in [2.24, 2.45) is 17.8 Å². The summed E-state index contributed by atoms with van der Waals surface area (Å²) in [6.45, 7) is 0. The van der Waals surface area contributed by atoms with Crippen molar-refractivity contribution < 1.29 is 13.6 Å². The van der Waals surface area contributed by atoms with Crippen molar-refractivity contribution in [3.63, 3.8) is 0 Å². The third-order valence-electron chi connectivity index (χ3n) is 3.80. The van der Waals surface area contributed by atoms with Gasteiger partial charge in [-0.1, -0.05) is 0 Å². The van der Waals surface area contributed by atoms with Crippen LogP contribution in [0.5, 0.6) is 0 Å². The van der Waals surface area contributed by atoms with Crippen LogP contribution in [-0.2, 0) is 4.79 Å². The van der Waals surface area contributed by atoms with Crippen molar-refractivity contribution in [1.29, 1.82) is 0 Å². The largest absolute Gasteiger partial charge is 0.326 e. The van der Waals surface area contributed by atoms with Gasteiger partial charge in [0.1, 0.15) is 0 Å². The second-order valence-corrected chi connectivity index (χ2v) is 5.04. The van der Waals surface area contributed by atoms with Gasteiger partial charge in [-0.25, -0.2) is 8.78 Å². The third kappa shape index (κ3) is 2.04. The summed E-state index contributed by atoms with van der Waals surface area (Å²) in [5, 5.41) is 2.65. The van der Waals surface area contributed by atoms with Gasteiger partial charge in [-0.05, 0) is 43.2 Å². The molecule has 17 heavy (non-hydrogen) atoms. The van der Waals surface area contributed by atoms with Gasteiger partial charge in [0.25, 0.3) is 0 Å². The van der Waals surface area contributed by atoms with Gasteiger partial charge in [-0.3, -0.25) is 4.79 Å². The first kappa shape index (κ1) is 10.7. The fourth-order valence-electron chi connectivity index (χ4n) is 2.75. The zero-order valence-corrected chi connectivity index (χ0v) is 9.25. The number of anilines is 1. The molecule has 1 aromatic carbocycles. The van der Waals surface area contributed by atoms with Gasteiger partial charge in [0.2, 0.25) is 5.91 Å². The molecule has 3 rings (SSSR count). The number of benzene rings is 1. The molecule has 2 fully saturated rings. The Morgan fingerprint density at radius 1 is 1.12 bits per heavy atom. The smallest absolute Gasteiger partial charge is 0.227 e. The number of nitrogens with one attached hydrogen (secondary N) is 1. The summed E-state index contributed by atoms with van der Waals surface area (Å²) in [7, 11) is 0. The van der Waals surface area contributed by atoms with Crippen LogP contribution >= 0.6 is 0 Å². The van der Waals surface area contributed by atoms with Crippen LogP contribution in [-0.4, -0.2) is 5.91 Å². The minimum Gasteiger partial charge on any atom is -0.326 e. The van der Waals surface area contributed by atoms with Crippen LogP contribution in [0.25, 0.3) is 0 Å². The summed E-state index contributed by atoms with van der Waals surface area (Å²) in [5.41, 5.74) is 0.328. The molecule has 0 aromatic heterocycles. The van der Waals surface area contributed by atoms with Crippen molar-refractivity contribution >= 4 is 11.6 Å². The van der Waals surface area contributed by atoms with Crippen LogP contribution in [0.15, 0.2) is 18.2 Å². The van der Waals surface area contributed by atoms with E-state index in [-0.39, 0.29) is 11.8 Å². The van der Waals surface area contributed by atoms with E-state index >= 15 is 0 Å². The Balaban J connectivity index is 1.65. The van der Waals surface area contributed by atoms with Crippen LogP contribution in [0.1, 0.15) is 19.3 Å². The number of carbonyl (C=O) groups excluding carboxylic acids is 1. The highest BCUT2D eigenvalue weighted by molar-refractivity contribution is 5.92. The highest BCUT2D eigenvalue weighted by Gasteiger charge is 2.47. The van der Waals surface area contributed by atoms with E-state index in [9.17, 15) is 13.6 Å². The molecule has 1 N–H and O–H groups in total. The van der Waals surface area contributed by atoms with E-state index in [2.05, 4.69) is 5.32 Å². The fourth-order valence-corrected chi connectivity index (χ4v) is 2.75. The molecule has 2 saturated carbocycles. The van der Waals surface area contributed by atoms with Crippen molar-refractivity contribution in [3.05, 3.63) is 29.8 Å². The van der Waals surface area contributed by atoms with Gasteiger partial charge in [0, 0.05) is 17.7 Å². The van der Waals surface area contributed by atoms with Gasteiger partial charge in [-0.2, -0.15) is 0 Å². The molecule has 0 radical (unpaired) electrons. The second-order valence-electron chi connectivity index (χ2n) is 5.04. The maximum atomic E-state index is 12.9. The Morgan fingerprint density at radius 3 is 2.47 bits per heavy atom. The molecule has 4 heteroatoms. The minimum atomic E-state index is -0.933. The lowest BCUT2D eigenvalue weighted by molar-refractivity contribution is -0.120. The number of amides is 1. The summed E-state index contributed by atoms with van der Waals surface area (Å²) in [6.07, 6.45) is 3.15. The predicted molar refractivity (Wildman–Crippen MR) is 59.3 cm³/mol. The highest BCUT2D eigenvalue weighted by Crippen LogP contribution is 2.54. The van der Waals surface area contributed by atoms with Crippen molar-refractivity contribution in [1.82, 2.24) is 0 Å². The molecule has 0 aliphatic heterocycles. The molecule has 2 atom stereocenters. The van der Waals surface area contributed by atoms with Crippen molar-refractivity contribution in [2.75, 3.05) is 5.32 Å². The molecule has 2 aliphatic carbocycles. The summed E-state index contributed by atoms with van der Waals surface area (Å²) < 4.78 is 25.7. The standard InChI is InChI=1S/C13H13F2NO/c14-11-2-1-10(6-12(11)15)16-13(17)9-4-7-3-8(7)5-9/h1-2,6-9H,3-5H2,(H,16,17). The van der Waals surface area contributed by atoms with Gasteiger partial charge in [0.05, 0.1) is 0 Å². The van der Waals surface area contributed by atoms with E-state index in [0.717, 1.165) is 36.8 Å². The molecule has 0 spiro atoms. The first-order chi connectivity index (χ1) is 8.13. The Labute approximate surface area is 98.0 Å². The quantitative estimate of drug-likeness (QED) is 0.841. The van der Waals surface area contributed by atoms with Crippen LogP contribution in [0.3, 0.4) is 0 Å². The zero-order chi connectivity index (χ0) is 12.0. The van der Waals surface area contributed by atoms with E-state index in [1.807, 2.05) is 0 Å². The normalized spacial score (nSPS) is 29.9. The zero-order valence-electron chi connectivity index (χ0n) is 9.25. The van der Waals surface area contributed by atoms with Gasteiger partial charge < -0.3 is 5.32 Å². The number of hydrogen-bond acceptors (Lipinski definition) is 1. The van der Waals surface area contributed by atoms with Crippen LogP contribution in [0.2, 0.25) is 0 Å². The number of halogens is 2. The molecule has 1 amide bonds. The third-order valence-corrected chi connectivity index (χ3v) is 3.80. The SMILES string of the molecule is O=C(Nc1ccc(F)c(F)c1)C1CC2CC2C1. The van der Waals surface area contributed by atoms with E-state index in [1.165, 1.54) is 12.5 Å². The Hall–Kier alpha value is -1.45. The lowest BCUT2D eigenvalue weighted by Crippen LogP contribution is -2.21. The molecule has 90 valence electrons. The average molecular weight is 237 g/mol. The van der Waals surface area contributed by atoms with E-state index in [1.54, 1.807) is 0 Å². The second kappa shape index (κ2) is 3.79. The van der Waals surface area contributed by atoms with Gasteiger partial charge in [0.15, 0.2) is 11.6 Å². The number of rotatable bonds is 2. The van der Waals surface area contributed by atoms with Gasteiger partial charge >= 0.3 is 0 Å². The highest BCUT2D eigenvalue weighted by atomic mass is 19.2. The molecule has 0 heterocycles. The van der Waals surface area contributed by atoms with Crippen LogP contribution in [0, 0.1) is 29.4 Å². The molecule has 2 aliphatic rings. The molecule has 2 unspecified atom stereocenters. The lowest BCUT2D eigenvalue weighted by atomic mass is 10.0. The maximum absolute atomic E-state index is 12.9. The maximum Gasteiger partial charge on any atom is 0.227 e. The average Bonchev–Trinajstić information content (AvgIpc) is 2.91. The van der Waals surface area contributed by atoms with Crippen molar-refractivity contribution in [2.45, 2.75) is 19.3 Å². The van der Waals surface area contributed by atoms with E-state index < -0.39 is 11.6 Å². The first-order valence-corrected chi connectivity index (χ1v) is 5.89. The summed E-state index contributed by atoms with van der Waals surface area (Å²) in [5.74, 6) is -0.386. The van der Waals surface area contributed by atoms with Crippen molar-refractivity contribution in [3.8, 4) is 0 Å². The lowest BCUT2D eigenvalue weighted by Gasteiger charge is -2.12. The topological polar surface area (TPSA) is 29.1 Å². The molecular weight excluding hydrogens is 224 g/mol. The molecule has 1 aromatic rings. The Morgan fingerprint density at radius 2 is 1.82 bits per heavy atom. The first-order valence-electron chi connectivity index (χ1n) is 5.89. The van der Waals surface area contributed by atoms with E-state index in [4.69, 9.17) is 0 Å². The monoisotopic (exact) mass is 237 g/mol. The Bertz CT molecular complexity index is 464. The molecule has 0 bridgehead atoms. The van der Waals surface area contributed by atoms with Crippen LogP contribution < -0.4 is 5.32 Å². The summed E-state index contributed by atoms with van der Waals surface area (Å²) in [4.78, 5) is 11.8. The molecule has 2 nitrogen and oxygen atoms in total. The van der Waals surface area contributed by atoms with Crippen LogP contribution in [0.4, 0.5) is 14.5 Å². The molecular formula is C13H13F2NO. The molecule has 0 saturated heterocycles. The summed E-state index contributed by atoms with van der Waals surface area (Å²) in [6, 6.07) is 3.42. The minimum absolute atomic E-state index is 0.0480. The number of hydrogen-bond donors (Lipinski definition) is 1. The van der Waals surface area contributed by atoms with Gasteiger partial charge in [-0.15, -0.1) is 0 Å². The summed E-state index contributed by atoms with van der Waals surface area (Å²) >= 11 is 0. The Kier molecular flexibility index (Phi) is 2.38. The number of fused-ring (bicyclic) bond motifs is 1.